The van der Waals surface area contributed by atoms with Crippen molar-refractivity contribution in [3.05, 3.63) is 24.3 Å². The summed E-state index contributed by atoms with van der Waals surface area (Å²) in [6, 6.07) is 7.65. The molecule has 1 atom stereocenters. The maximum Gasteiger partial charge on any atom is 0.160 e. The van der Waals surface area contributed by atoms with E-state index in [1.807, 2.05) is 24.3 Å². The van der Waals surface area contributed by atoms with E-state index in [1.54, 1.807) is 0 Å². The van der Waals surface area contributed by atoms with Crippen LogP contribution in [0, 0.1) is 0 Å². The first-order chi connectivity index (χ1) is 6.40. The van der Waals surface area contributed by atoms with E-state index in [-0.39, 0.29) is 6.10 Å². The Morgan fingerprint density at radius 2 is 2.31 bits per heavy atom. The fourth-order valence-electron chi connectivity index (χ4n) is 1.38. The van der Waals surface area contributed by atoms with E-state index in [0.717, 1.165) is 30.7 Å². The molecule has 2 rings (SSSR count). The van der Waals surface area contributed by atoms with Crippen LogP contribution in [-0.2, 0) is 4.79 Å². The first kappa shape index (κ1) is 8.10. The number of carbonyl (C=O) groups excluding carboxylic acids is 1. The molecular formula is C10H11NO2. The Kier molecular flexibility index (Phi) is 2.17. The van der Waals surface area contributed by atoms with E-state index in [0.29, 0.717) is 0 Å². The normalized spacial score (nSPS) is 20.5. The molecule has 0 radical (unpaired) electrons. The largest absolute Gasteiger partial charge is 0.481 e. The number of hydrogen-bond donors (Lipinski definition) is 1. The maximum absolute atomic E-state index is 10.6. The van der Waals surface area contributed by atoms with Crippen molar-refractivity contribution in [2.45, 2.75) is 12.5 Å². The van der Waals surface area contributed by atoms with Gasteiger partial charge in [-0.1, -0.05) is 12.1 Å². The fraction of sp³-hybridized carbons (Fsp3) is 0.300. The average Bonchev–Trinajstić information content (AvgIpc) is 2.38. The van der Waals surface area contributed by atoms with E-state index in [1.165, 1.54) is 0 Å². The fourth-order valence-corrected chi connectivity index (χ4v) is 1.38. The van der Waals surface area contributed by atoms with E-state index >= 15 is 0 Å². The Labute approximate surface area is 76.7 Å². The molecule has 0 aliphatic carbocycles. The second-order valence-corrected chi connectivity index (χ2v) is 3.00. The van der Waals surface area contributed by atoms with Gasteiger partial charge in [0.05, 0.1) is 5.69 Å². The van der Waals surface area contributed by atoms with Crippen LogP contribution in [0.1, 0.15) is 6.42 Å². The highest BCUT2D eigenvalue weighted by Gasteiger charge is 2.15. The first-order valence-electron chi connectivity index (χ1n) is 4.35. The smallest absolute Gasteiger partial charge is 0.160 e. The van der Waals surface area contributed by atoms with Crippen LogP contribution in [0.2, 0.25) is 0 Å². The minimum Gasteiger partial charge on any atom is -0.481 e. The van der Waals surface area contributed by atoms with Crippen LogP contribution in [0.4, 0.5) is 5.69 Å². The number of anilines is 1. The van der Waals surface area contributed by atoms with Gasteiger partial charge < -0.3 is 10.1 Å². The Morgan fingerprint density at radius 1 is 1.46 bits per heavy atom. The lowest BCUT2D eigenvalue weighted by Crippen LogP contribution is -2.18. The highest BCUT2D eigenvalue weighted by atomic mass is 16.5. The van der Waals surface area contributed by atoms with Gasteiger partial charge in [-0.15, -0.1) is 0 Å². The van der Waals surface area contributed by atoms with Gasteiger partial charge >= 0.3 is 0 Å². The van der Waals surface area contributed by atoms with Gasteiger partial charge in [-0.25, -0.2) is 0 Å². The van der Waals surface area contributed by atoms with Crippen molar-refractivity contribution in [1.82, 2.24) is 0 Å². The van der Waals surface area contributed by atoms with Crippen LogP contribution in [0.5, 0.6) is 5.75 Å². The molecule has 1 aromatic carbocycles. The second-order valence-electron chi connectivity index (χ2n) is 3.00. The Bertz CT molecular complexity index is 312. The number of para-hydroxylation sites is 2. The van der Waals surface area contributed by atoms with Gasteiger partial charge in [-0.3, -0.25) is 4.79 Å². The number of aldehydes is 1. The van der Waals surface area contributed by atoms with Crippen molar-refractivity contribution in [1.29, 1.82) is 0 Å². The summed E-state index contributed by atoms with van der Waals surface area (Å²) in [5.74, 6) is 0.761. The molecule has 68 valence electrons. The van der Waals surface area contributed by atoms with Crippen molar-refractivity contribution in [3.63, 3.8) is 0 Å². The average molecular weight is 177 g/mol. The van der Waals surface area contributed by atoms with Gasteiger partial charge in [0.2, 0.25) is 0 Å². The number of hydrogen-bond acceptors (Lipinski definition) is 3. The van der Waals surface area contributed by atoms with Crippen LogP contribution in [0.25, 0.3) is 0 Å². The quantitative estimate of drug-likeness (QED) is 0.660. The molecule has 0 fully saturated rings. The topological polar surface area (TPSA) is 38.3 Å². The van der Waals surface area contributed by atoms with Crippen molar-refractivity contribution in [3.8, 4) is 5.75 Å². The Morgan fingerprint density at radius 3 is 3.15 bits per heavy atom. The Balaban J connectivity index is 2.28. The molecular weight excluding hydrogens is 166 g/mol. The summed E-state index contributed by atoms with van der Waals surface area (Å²) in [5.41, 5.74) is 0.965. The highest BCUT2D eigenvalue weighted by Crippen LogP contribution is 2.27. The molecule has 1 aliphatic rings. The number of benzene rings is 1. The lowest BCUT2D eigenvalue weighted by molar-refractivity contribution is -0.113. The van der Waals surface area contributed by atoms with E-state index in [2.05, 4.69) is 5.32 Å². The zero-order chi connectivity index (χ0) is 9.10. The molecule has 1 N–H and O–H groups in total. The third-order valence-corrected chi connectivity index (χ3v) is 2.06. The zero-order valence-electron chi connectivity index (χ0n) is 7.19. The molecule has 0 saturated heterocycles. The zero-order valence-corrected chi connectivity index (χ0v) is 7.19. The molecule has 1 heterocycles. The van der Waals surface area contributed by atoms with Crippen LogP contribution in [0.15, 0.2) is 24.3 Å². The summed E-state index contributed by atoms with van der Waals surface area (Å²) >= 11 is 0. The van der Waals surface area contributed by atoms with Crippen LogP contribution < -0.4 is 10.1 Å². The molecule has 3 nitrogen and oxygen atoms in total. The standard InChI is InChI=1S/C10H11NO2/c12-7-8-5-6-11-9-3-1-2-4-10(9)13-8/h1-4,7-8,11H,5-6H2. The molecule has 1 unspecified atom stereocenters. The third-order valence-electron chi connectivity index (χ3n) is 2.06. The van der Waals surface area contributed by atoms with Crippen molar-refractivity contribution in [2.75, 3.05) is 11.9 Å². The minimum atomic E-state index is -0.309. The van der Waals surface area contributed by atoms with Gasteiger partial charge in [0.15, 0.2) is 12.4 Å². The lowest BCUT2D eigenvalue weighted by Gasteiger charge is -2.09. The minimum absolute atomic E-state index is 0.309. The van der Waals surface area contributed by atoms with Crippen LogP contribution in [-0.4, -0.2) is 18.9 Å². The highest BCUT2D eigenvalue weighted by molar-refractivity contribution is 5.62. The van der Waals surface area contributed by atoms with E-state index in [9.17, 15) is 4.79 Å². The molecule has 0 aromatic heterocycles. The number of carbonyl (C=O) groups is 1. The summed E-state index contributed by atoms with van der Waals surface area (Å²) in [4.78, 5) is 10.6. The summed E-state index contributed by atoms with van der Waals surface area (Å²) < 4.78 is 5.48. The summed E-state index contributed by atoms with van der Waals surface area (Å²) in [6.45, 7) is 0.778. The third kappa shape index (κ3) is 1.64. The van der Waals surface area contributed by atoms with Gasteiger partial charge in [0, 0.05) is 13.0 Å². The molecule has 13 heavy (non-hydrogen) atoms. The van der Waals surface area contributed by atoms with Crippen molar-refractivity contribution >= 4 is 12.0 Å². The second kappa shape index (κ2) is 3.47. The number of rotatable bonds is 1. The Hall–Kier alpha value is -1.51. The summed E-state index contributed by atoms with van der Waals surface area (Å²) in [6.07, 6.45) is 1.26. The molecule has 0 saturated carbocycles. The number of ether oxygens (including phenoxy) is 1. The van der Waals surface area contributed by atoms with Gasteiger partial charge in [0.25, 0.3) is 0 Å². The van der Waals surface area contributed by atoms with Crippen molar-refractivity contribution < 1.29 is 9.53 Å². The SMILES string of the molecule is O=CC1CCNc2ccccc2O1. The van der Waals surface area contributed by atoms with Gasteiger partial charge in [-0.05, 0) is 12.1 Å². The van der Waals surface area contributed by atoms with Gasteiger partial charge in [0.1, 0.15) is 5.75 Å². The molecule has 0 spiro atoms. The lowest BCUT2D eigenvalue weighted by atomic mass is 10.3. The van der Waals surface area contributed by atoms with Crippen LogP contribution in [0.3, 0.4) is 0 Å². The monoisotopic (exact) mass is 177 g/mol. The summed E-state index contributed by atoms with van der Waals surface area (Å²) in [5, 5.41) is 3.21. The van der Waals surface area contributed by atoms with Gasteiger partial charge in [-0.2, -0.15) is 0 Å². The molecule has 1 aliphatic heterocycles. The van der Waals surface area contributed by atoms with E-state index < -0.39 is 0 Å². The predicted octanol–water partition coefficient (Wildman–Crippen LogP) is 1.45. The first-order valence-corrected chi connectivity index (χ1v) is 4.35. The maximum atomic E-state index is 10.6. The van der Waals surface area contributed by atoms with Crippen molar-refractivity contribution in [2.24, 2.45) is 0 Å². The number of nitrogens with one attached hydrogen (secondary N) is 1. The number of fused-ring (bicyclic) bond motifs is 1. The van der Waals surface area contributed by atoms with E-state index in [4.69, 9.17) is 4.74 Å². The molecule has 0 amide bonds. The summed E-state index contributed by atoms with van der Waals surface area (Å²) in [7, 11) is 0. The predicted molar refractivity (Wildman–Crippen MR) is 50.0 cm³/mol. The molecule has 1 aromatic rings. The molecule has 0 bridgehead atoms. The molecule has 3 heteroatoms. The van der Waals surface area contributed by atoms with Crippen LogP contribution >= 0.6 is 0 Å².